The summed E-state index contributed by atoms with van der Waals surface area (Å²) in [6.07, 6.45) is 3.40. The van der Waals surface area contributed by atoms with Crippen molar-refractivity contribution >= 4 is 17.9 Å². The van der Waals surface area contributed by atoms with Crippen LogP contribution in [0.15, 0.2) is 54.6 Å². The van der Waals surface area contributed by atoms with Crippen molar-refractivity contribution < 1.29 is 4.90 Å². The first-order valence-corrected chi connectivity index (χ1v) is 11.4. The summed E-state index contributed by atoms with van der Waals surface area (Å²) in [5.41, 5.74) is 4.06. The van der Waals surface area contributed by atoms with Gasteiger partial charge in [0.2, 0.25) is 4.77 Å². The molecule has 0 radical (unpaired) electrons. The van der Waals surface area contributed by atoms with E-state index < -0.39 is 0 Å². The summed E-state index contributed by atoms with van der Waals surface area (Å²) < 4.78 is 4.98. The Labute approximate surface area is 184 Å². The van der Waals surface area contributed by atoms with Gasteiger partial charge in [0.05, 0.1) is 7.05 Å². The Morgan fingerprint density at radius 3 is 2.43 bits per heavy atom. The van der Waals surface area contributed by atoms with E-state index in [4.69, 9.17) is 17.3 Å². The van der Waals surface area contributed by atoms with Crippen LogP contribution in [0.3, 0.4) is 0 Å². The molecule has 5 nitrogen and oxygen atoms in total. The maximum atomic E-state index is 5.77. The number of nitrogens with one attached hydrogen (secondary N) is 1. The van der Waals surface area contributed by atoms with Gasteiger partial charge in [-0.05, 0) is 43.6 Å². The molecule has 2 aromatic carbocycles. The summed E-state index contributed by atoms with van der Waals surface area (Å²) in [5, 5.41) is 4.90. The Morgan fingerprint density at radius 2 is 1.70 bits per heavy atom. The fourth-order valence-electron chi connectivity index (χ4n) is 4.38. The molecule has 0 amide bonds. The van der Waals surface area contributed by atoms with Crippen LogP contribution >= 0.6 is 12.2 Å². The standard InChI is InChI=1S/C24H31N5S/c1-3-28-23(17-20-11-5-4-6-12-20)25-29(24(28)30)19-26(2)18-21-13-7-8-14-22(21)27-15-9-10-16-27/h4-8,11-14H,3,9-10,15-19H2,1-2H3/p+1. The van der Waals surface area contributed by atoms with Crippen LogP contribution in [0.1, 0.15) is 36.7 Å². The Hall–Kier alpha value is -2.44. The van der Waals surface area contributed by atoms with Gasteiger partial charge >= 0.3 is 0 Å². The highest BCUT2D eigenvalue weighted by Gasteiger charge is 2.18. The summed E-state index contributed by atoms with van der Waals surface area (Å²) in [7, 11) is 2.23. The second kappa shape index (κ2) is 9.58. The number of quaternary nitrogens is 1. The van der Waals surface area contributed by atoms with E-state index in [1.165, 1.54) is 47.6 Å². The number of rotatable bonds is 8. The lowest BCUT2D eigenvalue weighted by atomic mass is 10.1. The minimum absolute atomic E-state index is 0.766. The lowest BCUT2D eigenvalue weighted by molar-refractivity contribution is -0.917. The summed E-state index contributed by atoms with van der Waals surface area (Å²) in [6.45, 7) is 7.05. The van der Waals surface area contributed by atoms with E-state index in [2.05, 4.69) is 72.0 Å². The first-order valence-electron chi connectivity index (χ1n) is 11.0. The SMILES string of the molecule is CCn1c(Cc2ccccc2)nn(C[NH+](C)Cc2ccccc2N2CCCC2)c1=S. The number of nitrogens with zero attached hydrogens (tertiary/aromatic N) is 4. The molecule has 1 atom stereocenters. The summed E-state index contributed by atoms with van der Waals surface area (Å²) in [5.74, 6) is 1.04. The van der Waals surface area contributed by atoms with E-state index in [0.717, 1.165) is 36.8 Å². The molecule has 1 aliphatic rings. The average molecular weight is 423 g/mol. The summed E-state index contributed by atoms with van der Waals surface area (Å²) >= 11 is 5.77. The molecule has 1 aromatic heterocycles. The van der Waals surface area contributed by atoms with Gasteiger partial charge in [0, 0.05) is 37.3 Å². The van der Waals surface area contributed by atoms with Gasteiger partial charge in [-0.25, -0.2) is 0 Å². The van der Waals surface area contributed by atoms with Crippen LogP contribution < -0.4 is 9.80 Å². The zero-order valence-electron chi connectivity index (χ0n) is 18.1. The second-order valence-corrected chi connectivity index (χ2v) is 8.58. The number of anilines is 1. The van der Waals surface area contributed by atoms with Crippen molar-refractivity contribution in [1.29, 1.82) is 0 Å². The van der Waals surface area contributed by atoms with E-state index in [0.29, 0.717) is 0 Å². The molecule has 0 aliphatic carbocycles. The minimum atomic E-state index is 0.766. The number of benzene rings is 2. The van der Waals surface area contributed by atoms with E-state index in [9.17, 15) is 0 Å². The smallest absolute Gasteiger partial charge is 0.202 e. The molecule has 3 aromatic rings. The molecule has 1 N–H and O–H groups in total. The Balaban J connectivity index is 1.50. The second-order valence-electron chi connectivity index (χ2n) is 8.22. The fraction of sp³-hybridized carbons (Fsp3) is 0.417. The number of hydrogen-bond donors (Lipinski definition) is 1. The summed E-state index contributed by atoms with van der Waals surface area (Å²) in [4.78, 5) is 3.91. The monoisotopic (exact) mass is 422 g/mol. The molecule has 158 valence electrons. The maximum absolute atomic E-state index is 5.77. The average Bonchev–Trinajstić information content (AvgIpc) is 3.38. The van der Waals surface area contributed by atoms with Crippen molar-refractivity contribution in [3.63, 3.8) is 0 Å². The fourth-order valence-corrected chi connectivity index (χ4v) is 4.72. The molecule has 0 spiro atoms. The molecule has 2 heterocycles. The number of hydrogen-bond acceptors (Lipinski definition) is 3. The Kier molecular flexibility index (Phi) is 6.65. The van der Waals surface area contributed by atoms with Crippen LogP contribution in [0.2, 0.25) is 0 Å². The van der Waals surface area contributed by atoms with Crippen molar-refractivity contribution in [1.82, 2.24) is 14.3 Å². The van der Waals surface area contributed by atoms with Crippen LogP contribution in [-0.4, -0.2) is 34.5 Å². The molecule has 1 aliphatic heterocycles. The number of para-hydroxylation sites is 1. The summed E-state index contributed by atoms with van der Waals surface area (Å²) in [6, 6.07) is 19.3. The zero-order valence-corrected chi connectivity index (χ0v) is 18.9. The predicted molar refractivity (Wildman–Crippen MR) is 124 cm³/mol. The van der Waals surface area contributed by atoms with Crippen LogP contribution in [0.4, 0.5) is 5.69 Å². The van der Waals surface area contributed by atoms with Gasteiger partial charge in [0.1, 0.15) is 12.4 Å². The van der Waals surface area contributed by atoms with Gasteiger partial charge in [-0.1, -0.05) is 48.5 Å². The highest BCUT2D eigenvalue weighted by Crippen LogP contribution is 2.23. The third kappa shape index (κ3) is 4.65. The van der Waals surface area contributed by atoms with Crippen LogP contribution in [0.25, 0.3) is 0 Å². The molecule has 30 heavy (non-hydrogen) atoms. The quantitative estimate of drug-likeness (QED) is 0.565. The lowest BCUT2D eigenvalue weighted by Crippen LogP contribution is -3.07. The largest absolute Gasteiger partial charge is 0.371 e. The van der Waals surface area contributed by atoms with Crippen molar-refractivity contribution in [2.75, 3.05) is 25.0 Å². The minimum Gasteiger partial charge on any atom is -0.371 e. The molecule has 0 bridgehead atoms. The van der Waals surface area contributed by atoms with E-state index in [1.807, 2.05) is 10.7 Å². The zero-order chi connectivity index (χ0) is 20.9. The van der Waals surface area contributed by atoms with Gasteiger partial charge in [0.25, 0.3) is 0 Å². The van der Waals surface area contributed by atoms with Crippen molar-refractivity contribution in [3.05, 3.63) is 76.3 Å². The third-order valence-electron chi connectivity index (χ3n) is 5.87. The molecule has 1 unspecified atom stereocenters. The van der Waals surface area contributed by atoms with Crippen molar-refractivity contribution in [3.8, 4) is 0 Å². The van der Waals surface area contributed by atoms with Gasteiger partial charge < -0.3 is 14.4 Å². The first kappa shape index (κ1) is 20.8. The highest BCUT2D eigenvalue weighted by molar-refractivity contribution is 7.71. The molecule has 6 heteroatoms. The molecule has 0 saturated carbocycles. The predicted octanol–water partition coefficient (Wildman–Crippen LogP) is 3.30. The van der Waals surface area contributed by atoms with Crippen LogP contribution in [0, 0.1) is 4.77 Å². The van der Waals surface area contributed by atoms with Gasteiger partial charge in [-0.3, -0.25) is 0 Å². The first-order chi connectivity index (χ1) is 14.7. The highest BCUT2D eigenvalue weighted by atomic mass is 32.1. The Bertz CT molecular complexity index is 1020. The maximum Gasteiger partial charge on any atom is 0.202 e. The normalized spacial score (nSPS) is 14.9. The lowest BCUT2D eigenvalue weighted by Gasteiger charge is -2.23. The van der Waals surface area contributed by atoms with Crippen LogP contribution in [-0.2, 0) is 26.2 Å². The topological polar surface area (TPSA) is 30.4 Å². The van der Waals surface area contributed by atoms with E-state index >= 15 is 0 Å². The van der Waals surface area contributed by atoms with Crippen molar-refractivity contribution in [2.24, 2.45) is 0 Å². The van der Waals surface area contributed by atoms with Crippen LogP contribution in [0.5, 0.6) is 0 Å². The molecular weight excluding hydrogens is 390 g/mol. The van der Waals surface area contributed by atoms with E-state index in [1.54, 1.807) is 0 Å². The number of aromatic nitrogens is 3. The molecule has 1 saturated heterocycles. The van der Waals surface area contributed by atoms with Gasteiger partial charge in [-0.15, -0.1) is 0 Å². The molecule has 4 rings (SSSR count). The van der Waals surface area contributed by atoms with Crippen molar-refractivity contribution in [2.45, 2.75) is 45.9 Å². The molecule has 1 fully saturated rings. The van der Waals surface area contributed by atoms with E-state index in [-0.39, 0.29) is 0 Å². The third-order valence-corrected chi connectivity index (χ3v) is 6.30. The molecular formula is C24H32N5S+. The Morgan fingerprint density at radius 1 is 1.00 bits per heavy atom. The van der Waals surface area contributed by atoms with Gasteiger partial charge in [0.15, 0.2) is 6.67 Å². The van der Waals surface area contributed by atoms with Gasteiger partial charge in [-0.2, -0.15) is 9.78 Å².